The van der Waals surface area contributed by atoms with E-state index in [0.717, 1.165) is 0 Å². The molecular weight excluding hydrogens is 297 g/mol. The number of Topliss-reactive ketones (excluding diaryl/α,β-unsaturated/α-hetero) is 1. The van der Waals surface area contributed by atoms with E-state index in [2.05, 4.69) is 4.74 Å². The van der Waals surface area contributed by atoms with Crippen molar-refractivity contribution in [2.24, 2.45) is 0 Å². The molecule has 0 radical (unpaired) electrons. The third kappa shape index (κ3) is 3.78. The molecule has 3 nitrogen and oxygen atoms in total. The van der Waals surface area contributed by atoms with Crippen LogP contribution in [-0.2, 0) is 0 Å². The monoisotopic (exact) mass is 310 g/mol. The fourth-order valence-corrected chi connectivity index (χ4v) is 2.01. The van der Waals surface area contributed by atoms with Crippen molar-refractivity contribution in [1.29, 1.82) is 0 Å². The minimum atomic E-state index is -4.76. The van der Waals surface area contributed by atoms with Crippen LogP contribution in [-0.4, -0.2) is 19.3 Å². The van der Waals surface area contributed by atoms with Crippen molar-refractivity contribution in [1.82, 2.24) is 0 Å². The predicted molar refractivity (Wildman–Crippen MR) is 75.1 cm³/mol. The van der Waals surface area contributed by atoms with Crippen LogP contribution in [0.25, 0.3) is 11.1 Å². The van der Waals surface area contributed by atoms with Crippen LogP contribution in [0.3, 0.4) is 0 Å². The Morgan fingerprint density at radius 3 is 2.41 bits per heavy atom. The molecule has 2 aromatic carbocycles. The smallest absolute Gasteiger partial charge is 0.496 e. The summed E-state index contributed by atoms with van der Waals surface area (Å²) in [7, 11) is 1.45. The Morgan fingerprint density at radius 1 is 1.09 bits per heavy atom. The van der Waals surface area contributed by atoms with Crippen LogP contribution in [0.4, 0.5) is 13.2 Å². The average Bonchev–Trinajstić information content (AvgIpc) is 2.45. The van der Waals surface area contributed by atoms with E-state index in [-0.39, 0.29) is 11.5 Å². The molecule has 0 bridgehead atoms. The van der Waals surface area contributed by atoms with E-state index < -0.39 is 6.36 Å². The zero-order valence-corrected chi connectivity index (χ0v) is 11.9. The maximum absolute atomic E-state index is 12.3. The molecule has 6 heteroatoms. The van der Waals surface area contributed by atoms with Crippen molar-refractivity contribution >= 4 is 5.78 Å². The Morgan fingerprint density at radius 2 is 1.82 bits per heavy atom. The number of ketones is 1. The molecule has 0 N–H and O–H groups in total. The van der Waals surface area contributed by atoms with Crippen molar-refractivity contribution in [3.8, 4) is 22.6 Å². The van der Waals surface area contributed by atoms with E-state index in [1.54, 1.807) is 24.3 Å². The maximum Gasteiger partial charge on any atom is 0.573 e. The summed E-state index contributed by atoms with van der Waals surface area (Å²) in [4.78, 5) is 11.5. The lowest BCUT2D eigenvalue weighted by atomic mass is 10.0. The van der Waals surface area contributed by atoms with Crippen LogP contribution in [0, 0.1) is 0 Å². The number of alkyl halides is 3. The van der Waals surface area contributed by atoms with Crippen LogP contribution >= 0.6 is 0 Å². The summed E-state index contributed by atoms with van der Waals surface area (Å²) in [6, 6.07) is 10.3. The summed E-state index contributed by atoms with van der Waals surface area (Å²) in [5.74, 6) is -0.0268. The number of ether oxygens (including phenoxy) is 2. The van der Waals surface area contributed by atoms with Gasteiger partial charge in [-0.25, -0.2) is 0 Å². The van der Waals surface area contributed by atoms with Crippen molar-refractivity contribution in [3.05, 3.63) is 48.0 Å². The Hall–Kier alpha value is -2.50. The lowest BCUT2D eigenvalue weighted by Crippen LogP contribution is -2.17. The molecule has 22 heavy (non-hydrogen) atoms. The first-order valence-corrected chi connectivity index (χ1v) is 6.35. The van der Waals surface area contributed by atoms with Crippen LogP contribution in [0.15, 0.2) is 42.5 Å². The lowest BCUT2D eigenvalue weighted by molar-refractivity contribution is -0.274. The second-order valence-electron chi connectivity index (χ2n) is 4.55. The van der Waals surface area contributed by atoms with Gasteiger partial charge in [0.2, 0.25) is 0 Å². The molecule has 0 saturated heterocycles. The van der Waals surface area contributed by atoms with Crippen LogP contribution in [0.5, 0.6) is 11.5 Å². The largest absolute Gasteiger partial charge is 0.573 e. The van der Waals surface area contributed by atoms with Gasteiger partial charge in [0.1, 0.15) is 11.5 Å². The van der Waals surface area contributed by atoms with E-state index in [1.165, 1.54) is 32.2 Å². The Bertz CT molecular complexity index is 693. The molecule has 0 aliphatic rings. The highest BCUT2D eigenvalue weighted by molar-refractivity contribution is 5.96. The van der Waals surface area contributed by atoms with Gasteiger partial charge in [0.15, 0.2) is 5.78 Å². The third-order valence-electron chi connectivity index (χ3n) is 2.98. The average molecular weight is 310 g/mol. The van der Waals surface area contributed by atoms with Gasteiger partial charge in [0, 0.05) is 11.1 Å². The zero-order valence-electron chi connectivity index (χ0n) is 11.9. The highest BCUT2D eigenvalue weighted by Crippen LogP contribution is 2.34. The van der Waals surface area contributed by atoms with Gasteiger partial charge in [-0.2, -0.15) is 0 Å². The first-order chi connectivity index (χ1) is 10.3. The van der Waals surface area contributed by atoms with E-state index in [1.807, 2.05) is 0 Å². The molecule has 2 aromatic rings. The van der Waals surface area contributed by atoms with Crippen LogP contribution in [0.2, 0.25) is 0 Å². The standard InChI is InChI=1S/C16H13F3O3/c1-10(20)11-6-7-15(21-2)14(9-11)12-4-3-5-13(8-12)22-16(17,18)19/h3-9H,1-2H3. The van der Waals surface area contributed by atoms with Gasteiger partial charge in [-0.1, -0.05) is 12.1 Å². The van der Waals surface area contributed by atoms with E-state index in [9.17, 15) is 18.0 Å². The second-order valence-corrected chi connectivity index (χ2v) is 4.55. The van der Waals surface area contributed by atoms with Gasteiger partial charge in [0.25, 0.3) is 0 Å². The predicted octanol–water partition coefficient (Wildman–Crippen LogP) is 4.46. The highest BCUT2D eigenvalue weighted by atomic mass is 19.4. The summed E-state index contributed by atoms with van der Waals surface area (Å²) < 4.78 is 46.0. The number of carbonyl (C=O) groups excluding carboxylic acids is 1. The van der Waals surface area contributed by atoms with Gasteiger partial charge in [-0.15, -0.1) is 13.2 Å². The summed E-state index contributed by atoms with van der Waals surface area (Å²) in [6.45, 7) is 1.41. The summed E-state index contributed by atoms with van der Waals surface area (Å²) in [5, 5.41) is 0. The Labute approximate surface area is 125 Å². The van der Waals surface area contributed by atoms with Gasteiger partial charge < -0.3 is 9.47 Å². The molecule has 0 aliphatic heterocycles. The Kier molecular flexibility index (Phi) is 4.40. The molecule has 0 spiro atoms. The lowest BCUT2D eigenvalue weighted by Gasteiger charge is -2.13. The van der Waals surface area contributed by atoms with Crippen molar-refractivity contribution < 1.29 is 27.4 Å². The normalized spacial score (nSPS) is 11.1. The molecule has 0 aromatic heterocycles. The van der Waals surface area contributed by atoms with Gasteiger partial charge in [-0.3, -0.25) is 4.79 Å². The number of hydrogen-bond acceptors (Lipinski definition) is 3. The molecule has 116 valence electrons. The van der Waals surface area contributed by atoms with E-state index >= 15 is 0 Å². The SMILES string of the molecule is COc1ccc(C(C)=O)cc1-c1cccc(OC(F)(F)F)c1. The number of carbonyl (C=O) groups is 1. The summed E-state index contributed by atoms with van der Waals surface area (Å²) in [6.07, 6.45) is -4.76. The summed E-state index contributed by atoms with van der Waals surface area (Å²) in [5.41, 5.74) is 1.42. The number of benzene rings is 2. The first kappa shape index (κ1) is 15.9. The van der Waals surface area contributed by atoms with Gasteiger partial charge >= 0.3 is 6.36 Å². The molecular formula is C16H13F3O3. The minimum Gasteiger partial charge on any atom is -0.496 e. The maximum atomic E-state index is 12.3. The molecule has 2 rings (SSSR count). The van der Waals surface area contributed by atoms with Crippen molar-refractivity contribution in [2.75, 3.05) is 7.11 Å². The van der Waals surface area contributed by atoms with Crippen LogP contribution < -0.4 is 9.47 Å². The molecule has 0 fully saturated rings. The van der Waals surface area contributed by atoms with Crippen molar-refractivity contribution in [2.45, 2.75) is 13.3 Å². The quantitative estimate of drug-likeness (QED) is 0.782. The van der Waals surface area contributed by atoms with Crippen molar-refractivity contribution in [3.63, 3.8) is 0 Å². The molecule has 0 aliphatic carbocycles. The van der Waals surface area contributed by atoms with E-state index in [4.69, 9.17) is 4.74 Å². The topological polar surface area (TPSA) is 35.5 Å². The molecule has 0 heterocycles. The molecule has 0 saturated carbocycles. The fourth-order valence-electron chi connectivity index (χ4n) is 2.01. The first-order valence-electron chi connectivity index (χ1n) is 6.35. The summed E-state index contributed by atoms with van der Waals surface area (Å²) >= 11 is 0. The molecule has 0 unspecified atom stereocenters. The fraction of sp³-hybridized carbons (Fsp3) is 0.188. The highest BCUT2D eigenvalue weighted by Gasteiger charge is 2.31. The van der Waals surface area contributed by atoms with Gasteiger partial charge in [-0.05, 0) is 42.8 Å². The van der Waals surface area contributed by atoms with Gasteiger partial charge in [0.05, 0.1) is 7.11 Å². The number of hydrogen-bond donors (Lipinski definition) is 0. The Balaban J connectivity index is 2.48. The number of halogens is 3. The zero-order chi connectivity index (χ0) is 16.3. The molecule has 0 amide bonds. The second kappa shape index (κ2) is 6.09. The number of methoxy groups -OCH3 is 1. The minimum absolute atomic E-state index is 0.147. The third-order valence-corrected chi connectivity index (χ3v) is 2.98. The number of rotatable bonds is 4. The van der Waals surface area contributed by atoms with Crippen LogP contribution in [0.1, 0.15) is 17.3 Å². The van der Waals surface area contributed by atoms with E-state index in [0.29, 0.717) is 22.4 Å². The molecule has 0 atom stereocenters.